The Labute approximate surface area is 211 Å². The highest BCUT2D eigenvalue weighted by molar-refractivity contribution is 8.00. The van der Waals surface area contributed by atoms with Crippen molar-refractivity contribution in [2.75, 3.05) is 17.3 Å². The predicted octanol–water partition coefficient (Wildman–Crippen LogP) is 5.81. The second kappa shape index (κ2) is 10.7. The molecule has 1 saturated carbocycles. The van der Waals surface area contributed by atoms with Crippen molar-refractivity contribution in [3.8, 4) is 0 Å². The van der Waals surface area contributed by atoms with E-state index < -0.39 is 29.6 Å². The van der Waals surface area contributed by atoms with E-state index in [4.69, 9.17) is 0 Å². The molecule has 4 unspecified atom stereocenters. The molecule has 4 atom stereocenters. The van der Waals surface area contributed by atoms with Crippen LogP contribution in [0, 0.1) is 11.7 Å². The van der Waals surface area contributed by atoms with E-state index in [2.05, 4.69) is 10.6 Å². The van der Waals surface area contributed by atoms with Gasteiger partial charge < -0.3 is 10.2 Å². The molecule has 0 radical (unpaired) electrons. The molecular formula is C25H28F4N4O2S. The maximum atomic E-state index is 13.6. The van der Waals surface area contributed by atoms with Crippen molar-refractivity contribution in [2.24, 2.45) is 5.92 Å². The number of amides is 3. The van der Waals surface area contributed by atoms with Crippen LogP contribution in [0.25, 0.3) is 0 Å². The summed E-state index contributed by atoms with van der Waals surface area (Å²) in [5.41, 5.74) is -3.50. The Balaban J connectivity index is 1.51. The van der Waals surface area contributed by atoms with Gasteiger partial charge in [0.1, 0.15) is 12.0 Å². The smallest absolute Gasteiger partial charge is 0.321 e. The highest BCUT2D eigenvalue weighted by Gasteiger charge is 2.45. The van der Waals surface area contributed by atoms with Crippen LogP contribution in [0.1, 0.15) is 32.6 Å². The van der Waals surface area contributed by atoms with E-state index in [0.717, 1.165) is 25.7 Å². The van der Waals surface area contributed by atoms with Gasteiger partial charge in [0.2, 0.25) is 5.91 Å². The summed E-state index contributed by atoms with van der Waals surface area (Å²) in [6.07, 6.45) is 3.05. The third-order valence-electron chi connectivity index (χ3n) is 6.82. The number of nitrogens with zero attached hydrogens (tertiary/aromatic N) is 2. The van der Waals surface area contributed by atoms with Gasteiger partial charge in [-0.05, 0) is 80.1 Å². The van der Waals surface area contributed by atoms with Crippen LogP contribution >= 0.6 is 11.8 Å². The number of thioether (sulfide) groups is 1. The largest absolute Gasteiger partial charge is 0.446 e. The van der Waals surface area contributed by atoms with Crippen molar-refractivity contribution in [3.05, 3.63) is 54.3 Å². The average Bonchev–Trinajstić information content (AvgIpc) is 2.84. The maximum absolute atomic E-state index is 13.6. The van der Waals surface area contributed by atoms with Crippen molar-refractivity contribution >= 4 is 35.1 Å². The minimum Gasteiger partial charge on any atom is -0.321 e. The Morgan fingerprint density at radius 2 is 1.75 bits per heavy atom. The first-order chi connectivity index (χ1) is 17.0. The van der Waals surface area contributed by atoms with Crippen LogP contribution in [0.3, 0.4) is 0 Å². The molecule has 2 N–H and O–H groups in total. The SMILES string of the molecule is CC(C1NC2CCCCC2C(=O)N1c1ccc(F)cc1)N(C)C(=O)Nc1ccc(SC(F)(F)F)cc1. The van der Waals surface area contributed by atoms with Gasteiger partial charge in [-0.25, -0.2) is 9.18 Å². The summed E-state index contributed by atoms with van der Waals surface area (Å²) in [4.78, 5) is 29.7. The second-order valence-corrected chi connectivity index (χ2v) is 10.3. The Morgan fingerprint density at radius 1 is 1.11 bits per heavy atom. The fourth-order valence-electron chi connectivity index (χ4n) is 4.83. The van der Waals surface area contributed by atoms with Gasteiger partial charge in [-0.15, -0.1) is 0 Å². The zero-order valence-electron chi connectivity index (χ0n) is 19.9. The van der Waals surface area contributed by atoms with E-state index in [1.54, 1.807) is 24.1 Å². The maximum Gasteiger partial charge on any atom is 0.446 e. The van der Waals surface area contributed by atoms with E-state index in [9.17, 15) is 27.2 Å². The fourth-order valence-corrected chi connectivity index (χ4v) is 5.37. The number of rotatable bonds is 5. The van der Waals surface area contributed by atoms with Crippen molar-refractivity contribution in [1.29, 1.82) is 0 Å². The molecule has 0 spiro atoms. The molecule has 0 bridgehead atoms. The molecule has 2 aromatic rings. The Bertz CT molecular complexity index is 1080. The number of hydrogen-bond acceptors (Lipinski definition) is 4. The zero-order valence-corrected chi connectivity index (χ0v) is 20.7. The van der Waals surface area contributed by atoms with Crippen molar-refractivity contribution < 1.29 is 27.2 Å². The van der Waals surface area contributed by atoms with Gasteiger partial charge in [-0.2, -0.15) is 13.2 Å². The molecule has 1 heterocycles. The lowest BCUT2D eigenvalue weighted by atomic mass is 9.81. The van der Waals surface area contributed by atoms with Crippen LogP contribution in [0.4, 0.5) is 33.7 Å². The van der Waals surface area contributed by atoms with Crippen molar-refractivity contribution in [1.82, 2.24) is 10.2 Å². The van der Waals surface area contributed by atoms with Crippen LogP contribution in [0.15, 0.2) is 53.4 Å². The standard InChI is InChI=1S/C25H28F4N4O2S/c1-15(32(2)24(35)30-17-9-13-19(14-10-17)36-25(27,28)29)22-31-21-6-4-3-5-20(21)23(34)33(22)18-11-7-16(26)8-12-18/h7-15,20-22,31H,3-6H2,1-2H3,(H,30,35). The first kappa shape index (κ1) is 26.3. The summed E-state index contributed by atoms with van der Waals surface area (Å²) < 4.78 is 51.3. The average molecular weight is 525 g/mol. The molecule has 4 rings (SSSR count). The number of benzene rings is 2. The highest BCUT2D eigenvalue weighted by atomic mass is 32.2. The Morgan fingerprint density at radius 3 is 2.39 bits per heavy atom. The fraction of sp³-hybridized carbons (Fsp3) is 0.440. The number of anilines is 2. The molecule has 2 aromatic carbocycles. The molecule has 6 nitrogen and oxygen atoms in total. The van der Waals surface area contributed by atoms with Gasteiger partial charge >= 0.3 is 11.5 Å². The molecule has 2 aliphatic rings. The lowest BCUT2D eigenvalue weighted by molar-refractivity contribution is -0.127. The molecule has 1 saturated heterocycles. The number of fused-ring (bicyclic) bond motifs is 1. The summed E-state index contributed by atoms with van der Waals surface area (Å²) in [5.74, 6) is -0.639. The molecule has 3 amide bonds. The molecule has 2 fully saturated rings. The summed E-state index contributed by atoms with van der Waals surface area (Å²) in [6.45, 7) is 1.81. The molecule has 1 aliphatic heterocycles. The monoisotopic (exact) mass is 524 g/mol. The summed E-state index contributed by atoms with van der Waals surface area (Å²) in [5, 5.41) is 6.25. The minimum absolute atomic E-state index is 0.00876. The quantitative estimate of drug-likeness (QED) is 0.383. The van der Waals surface area contributed by atoms with Gasteiger partial charge in [0.15, 0.2) is 0 Å². The number of carbonyl (C=O) groups excluding carboxylic acids is 2. The highest BCUT2D eigenvalue weighted by Crippen LogP contribution is 2.37. The molecule has 0 aromatic heterocycles. The minimum atomic E-state index is -4.39. The number of alkyl halides is 3. The van der Waals surface area contributed by atoms with Crippen LogP contribution < -0.4 is 15.5 Å². The first-order valence-corrected chi connectivity index (χ1v) is 12.6. The second-order valence-electron chi connectivity index (χ2n) is 9.15. The summed E-state index contributed by atoms with van der Waals surface area (Å²) in [7, 11) is 1.59. The molecule has 11 heteroatoms. The van der Waals surface area contributed by atoms with Crippen molar-refractivity contribution in [2.45, 2.75) is 61.3 Å². The van der Waals surface area contributed by atoms with Crippen LogP contribution in [0.2, 0.25) is 0 Å². The Hall–Kier alpha value is -2.79. The van der Waals surface area contributed by atoms with Gasteiger partial charge in [0.25, 0.3) is 0 Å². The third kappa shape index (κ3) is 5.95. The van der Waals surface area contributed by atoms with Gasteiger partial charge in [0, 0.05) is 29.4 Å². The van der Waals surface area contributed by atoms with E-state index in [1.807, 2.05) is 6.92 Å². The van der Waals surface area contributed by atoms with E-state index in [-0.39, 0.29) is 34.5 Å². The number of carbonyl (C=O) groups is 2. The molecular weight excluding hydrogens is 496 g/mol. The van der Waals surface area contributed by atoms with Gasteiger partial charge in [-0.1, -0.05) is 12.8 Å². The van der Waals surface area contributed by atoms with Crippen LogP contribution in [-0.4, -0.2) is 47.6 Å². The first-order valence-electron chi connectivity index (χ1n) is 11.8. The van der Waals surface area contributed by atoms with Crippen LogP contribution in [0.5, 0.6) is 0 Å². The number of hydrogen-bond donors (Lipinski definition) is 2. The number of likely N-dealkylation sites (N-methyl/N-ethyl adjacent to an activating group) is 1. The summed E-state index contributed by atoms with van der Waals surface area (Å²) >= 11 is -0.226. The topological polar surface area (TPSA) is 64.7 Å². The third-order valence-corrected chi connectivity index (χ3v) is 7.56. The lowest BCUT2D eigenvalue weighted by Gasteiger charge is -2.49. The Kier molecular flexibility index (Phi) is 7.79. The molecule has 194 valence electrons. The number of halogens is 4. The molecule has 1 aliphatic carbocycles. The predicted molar refractivity (Wildman–Crippen MR) is 131 cm³/mol. The van der Waals surface area contributed by atoms with E-state index >= 15 is 0 Å². The van der Waals surface area contributed by atoms with E-state index in [1.165, 1.54) is 41.3 Å². The molecule has 36 heavy (non-hydrogen) atoms. The van der Waals surface area contributed by atoms with Gasteiger partial charge in [0.05, 0.1) is 12.0 Å². The van der Waals surface area contributed by atoms with E-state index in [0.29, 0.717) is 11.4 Å². The normalized spacial score (nSPS) is 23.1. The zero-order chi connectivity index (χ0) is 26.0. The van der Waals surface area contributed by atoms with Crippen molar-refractivity contribution in [3.63, 3.8) is 0 Å². The van der Waals surface area contributed by atoms with Gasteiger partial charge in [-0.3, -0.25) is 15.0 Å². The summed E-state index contributed by atoms with van der Waals surface area (Å²) in [6, 6.07) is 10.1. The lowest BCUT2D eigenvalue weighted by Crippen LogP contribution is -2.69. The number of urea groups is 1. The number of nitrogens with one attached hydrogen (secondary N) is 2. The van der Waals surface area contributed by atoms with Crippen LogP contribution in [-0.2, 0) is 4.79 Å².